The summed E-state index contributed by atoms with van der Waals surface area (Å²) in [6.45, 7) is 3.06. The Hall–Kier alpha value is -1.17. The zero-order valence-electron chi connectivity index (χ0n) is 7.82. The number of hydrogen-bond donors (Lipinski definition) is 1. The van der Waals surface area contributed by atoms with E-state index >= 15 is 0 Å². The van der Waals surface area contributed by atoms with Gasteiger partial charge in [-0.1, -0.05) is 6.92 Å². The Morgan fingerprint density at radius 2 is 2.50 bits per heavy atom. The molecular weight excluding hydrogens is 202 g/mol. The quantitative estimate of drug-likeness (QED) is 0.615. The molecule has 2 rings (SSSR count). The molecule has 0 bridgehead atoms. The number of rotatable bonds is 4. The molecule has 5 nitrogen and oxygen atoms in total. The molecule has 0 spiro atoms. The number of nitrogens with one attached hydrogen (secondary N) is 1. The van der Waals surface area contributed by atoms with Crippen molar-refractivity contribution >= 4 is 21.5 Å². The van der Waals surface area contributed by atoms with Gasteiger partial charge in [-0.2, -0.15) is 0 Å². The lowest BCUT2D eigenvalue weighted by Gasteiger charge is -2.07. The van der Waals surface area contributed by atoms with Crippen LogP contribution < -0.4 is 5.32 Å². The highest BCUT2D eigenvalue weighted by Crippen LogP contribution is 2.45. The van der Waals surface area contributed by atoms with Crippen LogP contribution in [0, 0.1) is 15.5 Å². The van der Waals surface area contributed by atoms with Crippen LogP contribution >= 0.6 is 11.3 Å². The number of anilines is 1. The Bertz CT molecular complexity index is 359. The third-order valence-corrected chi connectivity index (χ3v) is 3.35. The minimum Gasteiger partial charge on any atom is -0.361 e. The van der Waals surface area contributed by atoms with E-state index in [2.05, 4.69) is 17.2 Å². The maximum absolute atomic E-state index is 10.4. The highest BCUT2D eigenvalue weighted by molar-refractivity contribution is 7.18. The summed E-state index contributed by atoms with van der Waals surface area (Å²) in [6.07, 6.45) is 3.75. The van der Waals surface area contributed by atoms with Gasteiger partial charge >= 0.3 is 5.00 Å². The molecule has 1 aromatic rings. The van der Waals surface area contributed by atoms with Crippen LogP contribution in [0.15, 0.2) is 6.20 Å². The Morgan fingerprint density at radius 3 is 3.00 bits per heavy atom. The van der Waals surface area contributed by atoms with Crippen molar-refractivity contribution in [3.05, 3.63) is 16.3 Å². The zero-order valence-corrected chi connectivity index (χ0v) is 8.63. The molecular formula is C8H11N3O2S. The van der Waals surface area contributed by atoms with Crippen molar-refractivity contribution in [2.24, 2.45) is 5.41 Å². The maximum Gasteiger partial charge on any atom is 0.345 e. The second-order valence-electron chi connectivity index (χ2n) is 3.92. The topological polar surface area (TPSA) is 68.1 Å². The van der Waals surface area contributed by atoms with Gasteiger partial charge in [-0.15, -0.1) is 0 Å². The van der Waals surface area contributed by atoms with Gasteiger partial charge in [0.25, 0.3) is 0 Å². The van der Waals surface area contributed by atoms with E-state index < -0.39 is 4.92 Å². The lowest BCUT2D eigenvalue weighted by molar-refractivity contribution is -0.380. The Kier molecular flexibility index (Phi) is 2.14. The van der Waals surface area contributed by atoms with Gasteiger partial charge in [-0.25, -0.2) is 4.98 Å². The smallest absolute Gasteiger partial charge is 0.345 e. The van der Waals surface area contributed by atoms with Crippen molar-refractivity contribution < 1.29 is 4.92 Å². The Labute approximate surface area is 85.3 Å². The van der Waals surface area contributed by atoms with E-state index in [1.54, 1.807) is 0 Å². The third-order valence-electron chi connectivity index (χ3n) is 2.44. The predicted octanol–water partition coefficient (Wildman–Crippen LogP) is 2.26. The molecule has 0 saturated heterocycles. The summed E-state index contributed by atoms with van der Waals surface area (Å²) in [5.41, 5.74) is 0.389. The van der Waals surface area contributed by atoms with Crippen molar-refractivity contribution in [2.75, 3.05) is 11.9 Å². The van der Waals surface area contributed by atoms with E-state index in [-0.39, 0.29) is 5.00 Å². The van der Waals surface area contributed by atoms with Gasteiger partial charge in [0.15, 0.2) is 5.13 Å². The summed E-state index contributed by atoms with van der Waals surface area (Å²) < 4.78 is 0. The third kappa shape index (κ3) is 2.01. The molecule has 1 aliphatic carbocycles. The van der Waals surface area contributed by atoms with Gasteiger partial charge in [-0.3, -0.25) is 10.1 Å². The highest BCUT2D eigenvalue weighted by atomic mass is 32.1. The lowest BCUT2D eigenvalue weighted by Crippen LogP contribution is -2.11. The molecule has 1 N–H and O–H groups in total. The SMILES string of the molecule is CC1(CNc2ncc([N+](=O)[O-])s2)CC1. The molecule has 0 radical (unpaired) electrons. The fraction of sp³-hybridized carbons (Fsp3) is 0.625. The van der Waals surface area contributed by atoms with Crippen molar-refractivity contribution in [3.63, 3.8) is 0 Å². The van der Waals surface area contributed by atoms with Crippen LogP contribution in [0.4, 0.5) is 10.1 Å². The summed E-state index contributed by atoms with van der Waals surface area (Å²) in [7, 11) is 0. The van der Waals surface area contributed by atoms with E-state index in [1.165, 1.54) is 19.0 Å². The molecule has 6 heteroatoms. The predicted molar refractivity (Wildman–Crippen MR) is 54.6 cm³/mol. The lowest BCUT2D eigenvalue weighted by atomic mass is 10.1. The van der Waals surface area contributed by atoms with Crippen molar-refractivity contribution in [3.8, 4) is 0 Å². The zero-order chi connectivity index (χ0) is 10.2. The highest BCUT2D eigenvalue weighted by Gasteiger charge is 2.37. The molecule has 0 unspecified atom stereocenters. The monoisotopic (exact) mass is 213 g/mol. The largest absolute Gasteiger partial charge is 0.361 e. The Balaban J connectivity index is 1.93. The first-order chi connectivity index (χ1) is 6.59. The molecule has 1 heterocycles. The van der Waals surface area contributed by atoms with E-state index in [4.69, 9.17) is 0 Å². The number of thiazole rings is 1. The number of nitrogens with zero attached hydrogens (tertiary/aromatic N) is 2. The van der Waals surface area contributed by atoms with Crippen LogP contribution in [-0.4, -0.2) is 16.5 Å². The molecule has 1 fully saturated rings. The van der Waals surface area contributed by atoms with Gasteiger partial charge in [0.05, 0.1) is 4.92 Å². The second-order valence-corrected chi connectivity index (χ2v) is 4.93. The van der Waals surface area contributed by atoms with Crippen LogP contribution in [0.2, 0.25) is 0 Å². The minimum atomic E-state index is -0.415. The molecule has 0 atom stereocenters. The van der Waals surface area contributed by atoms with E-state index in [0.29, 0.717) is 10.5 Å². The molecule has 1 aliphatic rings. The first kappa shape index (κ1) is 9.39. The first-order valence-electron chi connectivity index (χ1n) is 4.43. The van der Waals surface area contributed by atoms with Crippen LogP contribution in [0.3, 0.4) is 0 Å². The second kappa shape index (κ2) is 3.20. The Morgan fingerprint density at radius 1 is 1.79 bits per heavy atom. The number of aromatic nitrogens is 1. The standard InChI is InChI=1S/C8H11N3O2S/c1-8(2-3-8)5-10-7-9-4-6(14-7)11(12)13/h4H,2-3,5H2,1H3,(H,9,10). The van der Waals surface area contributed by atoms with Crippen molar-refractivity contribution in [1.29, 1.82) is 0 Å². The minimum absolute atomic E-state index is 0.0912. The molecule has 1 aromatic heterocycles. The van der Waals surface area contributed by atoms with Crippen LogP contribution in [0.5, 0.6) is 0 Å². The molecule has 0 aromatic carbocycles. The van der Waals surface area contributed by atoms with E-state index in [0.717, 1.165) is 17.9 Å². The summed E-state index contributed by atoms with van der Waals surface area (Å²) >= 11 is 1.09. The summed E-state index contributed by atoms with van der Waals surface area (Å²) in [5, 5.41) is 14.2. The number of nitro groups is 1. The average molecular weight is 213 g/mol. The molecule has 0 aliphatic heterocycles. The van der Waals surface area contributed by atoms with Gasteiger partial charge in [0, 0.05) is 6.54 Å². The summed E-state index contributed by atoms with van der Waals surface area (Å²) in [6, 6.07) is 0. The van der Waals surface area contributed by atoms with E-state index in [1.807, 2.05) is 0 Å². The number of hydrogen-bond acceptors (Lipinski definition) is 5. The van der Waals surface area contributed by atoms with Crippen LogP contribution in [-0.2, 0) is 0 Å². The summed E-state index contributed by atoms with van der Waals surface area (Å²) in [5.74, 6) is 0. The molecule has 0 amide bonds. The van der Waals surface area contributed by atoms with Crippen molar-refractivity contribution in [2.45, 2.75) is 19.8 Å². The maximum atomic E-state index is 10.4. The van der Waals surface area contributed by atoms with Gasteiger partial charge in [0.2, 0.25) is 0 Å². The first-order valence-corrected chi connectivity index (χ1v) is 5.25. The van der Waals surface area contributed by atoms with Crippen molar-refractivity contribution in [1.82, 2.24) is 4.98 Å². The summed E-state index contributed by atoms with van der Waals surface area (Å²) in [4.78, 5) is 13.9. The molecule has 14 heavy (non-hydrogen) atoms. The molecule has 76 valence electrons. The van der Waals surface area contributed by atoms with Gasteiger partial charge in [0.1, 0.15) is 6.20 Å². The molecule has 1 saturated carbocycles. The van der Waals surface area contributed by atoms with Gasteiger partial charge < -0.3 is 5.32 Å². The average Bonchev–Trinajstić information content (AvgIpc) is 2.68. The normalized spacial score (nSPS) is 17.8. The fourth-order valence-electron chi connectivity index (χ4n) is 1.11. The van der Waals surface area contributed by atoms with E-state index in [9.17, 15) is 10.1 Å². The fourth-order valence-corrected chi connectivity index (χ4v) is 1.74. The van der Waals surface area contributed by atoms with Crippen LogP contribution in [0.1, 0.15) is 19.8 Å². The van der Waals surface area contributed by atoms with Crippen LogP contribution in [0.25, 0.3) is 0 Å². The van der Waals surface area contributed by atoms with Gasteiger partial charge in [-0.05, 0) is 29.6 Å².